The number of nitrogens with zero attached hydrogens (tertiary/aromatic N) is 2. The molecule has 2 aromatic rings. The van der Waals surface area contributed by atoms with E-state index in [4.69, 9.17) is 10.5 Å². The van der Waals surface area contributed by atoms with Crippen molar-refractivity contribution in [3.63, 3.8) is 0 Å². The van der Waals surface area contributed by atoms with Crippen LogP contribution >= 0.6 is 0 Å². The molecule has 0 saturated heterocycles. The lowest BCUT2D eigenvalue weighted by molar-refractivity contribution is -0.116. The van der Waals surface area contributed by atoms with Crippen LogP contribution in [-0.4, -0.2) is 29.4 Å². The molecule has 0 saturated carbocycles. The van der Waals surface area contributed by atoms with Gasteiger partial charge in [0.2, 0.25) is 5.91 Å². The van der Waals surface area contributed by atoms with Crippen molar-refractivity contribution < 1.29 is 9.53 Å². The van der Waals surface area contributed by atoms with E-state index in [2.05, 4.69) is 10.4 Å². The van der Waals surface area contributed by atoms with Crippen molar-refractivity contribution >= 4 is 11.7 Å². The molecule has 2 rings (SSSR count). The van der Waals surface area contributed by atoms with E-state index >= 15 is 0 Å². The smallest absolute Gasteiger partial charge is 0.227 e. The molecule has 1 aromatic heterocycles. The molecular weight excluding hydrogens is 268 g/mol. The number of carbonyl (C=O) groups excluding carboxylic acids is 1. The second kappa shape index (κ2) is 7.56. The third-order valence-electron chi connectivity index (χ3n) is 3.07. The number of nitrogens with two attached hydrogens (primary N) is 1. The third kappa shape index (κ3) is 4.70. The fourth-order valence-corrected chi connectivity index (χ4v) is 1.95. The Balaban J connectivity index is 1.85. The highest BCUT2D eigenvalue weighted by Crippen LogP contribution is 2.14. The number of benzene rings is 1. The number of nitrogens with one attached hydrogen (secondary N) is 1. The lowest BCUT2D eigenvalue weighted by Crippen LogP contribution is -2.20. The monoisotopic (exact) mass is 288 g/mol. The third-order valence-corrected chi connectivity index (χ3v) is 3.07. The van der Waals surface area contributed by atoms with Crippen LogP contribution in [0.1, 0.15) is 18.0 Å². The molecule has 0 aliphatic carbocycles. The van der Waals surface area contributed by atoms with Crippen molar-refractivity contribution in [3.8, 4) is 0 Å². The highest BCUT2D eigenvalue weighted by atomic mass is 16.5. The van der Waals surface area contributed by atoms with Crippen LogP contribution in [0.3, 0.4) is 0 Å². The van der Waals surface area contributed by atoms with E-state index in [1.54, 1.807) is 24.1 Å². The summed E-state index contributed by atoms with van der Waals surface area (Å²) in [4.78, 5) is 12.0. The minimum atomic E-state index is -0.318. The number of ether oxygens (including phenoxy) is 1. The molecule has 21 heavy (non-hydrogen) atoms. The van der Waals surface area contributed by atoms with Crippen LogP contribution in [0, 0.1) is 0 Å². The van der Waals surface area contributed by atoms with E-state index in [1.165, 1.54) is 0 Å². The van der Waals surface area contributed by atoms with Gasteiger partial charge in [0.05, 0.1) is 13.2 Å². The van der Waals surface area contributed by atoms with Crippen LogP contribution in [0.15, 0.2) is 42.6 Å². The Labute approximate surface area is 123 Å². The molecular formula is C15H20N4O2. The highest BCUT2D eigenvalue weighted by Gasteiger charge is 2.12. The number of hydrogen-bond donors (Lipinski definition) is 2. The fraction of sp³-hybridized carbons (Fsp3) is 0.333. The van der Waals surface area contributed by atoms with Gasteiger partial charge in [0, 0.05) is 31.8 Å². The summed E-state index contributed by atoms with van der Waals surface area (Å²) in [6.07, 6.45) is 2.01. The lowest BCUT2D eigenvalue weighted by Gasteiger charge is -2.11. The summed E-state index contributed by atoms with van der Waals surface area (Å²) in [5.41, 5.74) is 6.96. The van der Waals surface area contributed by atoms with Crippen molar-refractivity contribution in [2.45, 2.75) is 19.0 Å². The predicted molar refractivity (Wildman–Crippen MR) is 80.7 cm³/mol. The molecule has 1 heterocycles. The summed E-state index contributed by atoms with van der Waals surface area (Å²) < 4.78 is 6.69. The molecule has 0 radical (unpaired) electrons. The Morgan fingerprint density at radius 1 is 1.38 bits per heavy atom. The minimum Gasteiger partial charge on any atom is -0.383 e. The normalized spacial score (nSPS) is 12.1. The van der Waals surface area contributed by atoms with Gasteiger partial charge in [0.1, 0.15) is 0 Å². The van der Waals surface area contributed by atoms with Gasteiger partial charge in [0.15, 0.2) is 5.82 Å². The molecule has 0 aliphatic heterocycles. The predicted octanol–water partition coefficient (Wildman–Crippen LogP) is 1.56. The molecule has 0 aliphatic rings. The molecule has 6 nitrogen and oxygen atoms in total. The van der Waals surface area contributed by atoms with E-state index in [-0.39, 0.29) is 18.4 Å². The number of methoxy groups -OCH3 is 1. The van der Waals surface area contributed by atoms with Gasteiger partial charge in [-0.2, -0.15) is 5.10 Å². The lowest BCUT2D eigenvalue weighted by atomic mass is 10.0. The zero-order valence-electron chi connectivity index (χ0n) is 12.0. The van der Waals surface area contributed by atoms with E-state index < -0.39 is 0 Å². The average molecular weight is 288 g/mol. The molecule has 1 unspecified atom stereocenters. The molecule has 3 N–H and O–H groups in total. The van der Waals surface area contributed by atoms with Gasteiger partial charge < -0.3 is 15.8 Å². The maximum Gasteiger partial charge on any atom is 0.227 e. The largest absolute Gasteiger partial charge is 0.383 e. The summed E-state index contributed by atoms with van der Waals surface area (Å²) in [7, 11) is 1.64. The Morgan fingerprint density at radius 3 is 2.86 bits per heavy atom. The van der Waals surface area contributed by atoms with E-state index in [0.29, 0.717) is 19.0 Å². The second-order valence-corrected chi connectivity index (χ2v) is 4.73. The van der Waals surface area contributed by atoms with Gasteiger partial charge in [-0.1, -0.05) is 30.3 Å². The number of hydrogen-bond acceptors (Lipinski definition) is 4. The summed E-state index contributed by atoms with van der Waals surface area (Å²) in [6, 6.07) is 11.0. The minimum absolute atomic E-state index is 0.150. The number of carbonyl (C=O) groups is 1. The maximum absolute atomic E-state index is 12.0. The Bertz CT molecular complexity index is 568. The van der Waals surface area contributed by atoms with E-state index in [0.717, 1.165) is 5.56 Å². The van der Waals surface area contributed by atoms with Gasteiger partial charge in [0.25, 0.3) is 0 Å². The number of rotatable bonds is 7. The molecule has 1 atom stereocenters. The van der Waals surface area contributed by atoms with Crippen LogP contribution in [0.5, 0.6) is 0 Å². The zero-order chi connectivity index (χ0) is 15.1. The number of anilines is 1. The molecule has 1 aromatic carbocycles. The van der Waals surface area contributed by atoms with Crippen molar-refractivity contribution in [3.05, 3.63) is 48.2 Å². The van der Waals surface area contributed by atoms with Crippen LogP contribution in [-0.2, 0) is 16.1 Å². The molecule has 0 spiro atoms. The van der Waals surface area contributed by atoms with Crippen LogP contribution in [0.4, 0.5) is 5.82 Å². The standard InChI is InChI=1S/C15H20N4O2/c1-21-10-9-19-8-7-14(18-19)17-15(20)11-13(16)12-5-3-2-4-6-12/h2-8,13H,9-11,16H2,1H3,(H,17,18,20). The van der Waals surface area contributed by atoms with Gasteiger partial charge in [-0.15, -0.1) is 0 Å². The first-order chi connectivity index (χ1) is 10.2. The Morgan fingerprint density at radius 2 is 2.14 bits per heavy atom. The quantitative estimate of drug-likeness (QED) is 0.810. The van der Waals surface area contributed by atoms with E-state index in [9.17, 15) is 4.79 Å². The summed E-state index contributed by atoms with van der Waals surface area (Å²) >= 11 is 0. The summed E-state index contributed by atoms with van der Waals surface area (Å²) in [6.45, 7) is 1.23. The maximum atomic E-state index is 12.0. The Kier molecular flexibility index (Phi) is 5.48. The van der Waals surface area contributed by atoms with Crippen LogP contribution in [0.2, 0.25) is 0 Å². The number of amides is 1. The van der Waals surface area contributed by atoms with Crippen molar-refractivity contribution in [1.29, 1.82) is 0 Å². The second-order valence-electron chi connectivity index (χ2n) is 4.73. The molecule has 0 bridgehead atoms. The SMILES string of the molecule is COCCn1ccc(NC(=O)CC(N)c2ccccc2)n1. The Hall–Kier alpha value is -2.18. The van der Waals surface area contributed by atoms with Gasteiger partial charge in [-0.05, 0) is 5.56 Å². The highest BCUT2D eigenvalue weighted by molar-refractivity contribution is 5.90. The van der Waals surface area contributed by atoms with Gasteiger partial charge >= 0.3 is 0 Å². The van der Waals surface area contributed by atoms with Crippen molar-refractivity contribution in [1.82, 2.24) is 9.78 Å². The summed E-state index contributed by atoms with van der Waals surface area (Å²) in [5.74, 6) is 0.375. The first kappa shape index (κ1) is 15.2. The van der Waals surface area contributed by atoms with Crippen LogP contribution in [0.25, 0.3) is 0 Å². The first-order valence-electron chi connectivity index (χ1n) is 6.82. The fourth-order valence-electron chi connectivity index (χ4n) is 1.95. The molecule has 6 heteroatoms. The number of aromatic nitrogens is 2. The van der Waals surface area contributed by atoms with E-state index in [1.807, 2.05) is 30.3 Å². The average Bonchev–Trinajstić information content (AvgIpc) is 2.93. The van der Waals surface area contributed by atoms with Crippen LogP contribution < -0.4 is 11.1 Å². The topological polar surface area (TPSA) is 82.2 Å². The van der Waals surface area contributed by atoms with Gasteiger partial charge in [-0.25, -0.2) is 0 Å². The van der Waals surface area contributed by atoms with Crippen molar-refractivity contribution in [2.75, 3.05) is 19.0 Å². The molecule has 1 amide bonds. The molecule has 0 fully saturated rings. The van der Waals surface area contributed by atoms with Gasteiger partial charge in [-0.3, -0.25) is 9.48 Å². The summed E-state index contributed by atoms with van der Waals surface area (Å²) in [5, 5.41) is 6.98. The first-order valence-corrected chi connectivity index (χ1v) is 6.82. The van der Waals surface area contributed by atoms with Crippen molar-refractivity contribution in [2.24, 2.45) is 5.73 Å². The zero-order valence-corrected chi connectivity index (χ0v) is 12.0. The molecule has 112 valence electrons.